The molecule has 0 nitrogen and oxygen atoms in total. The molecule has 0 unspecified atom stereocenters. The summed E-state index contributed by atoms with van der Waals surface area (Å²) in [5.74, 6) is 0. The minimum Gasteiger partial charge on any atom is -0.418 e. The topological polar surface area (TPSA) is 0 Å². The van der Waals surface area contributed by atoms with E-state index in [1.54, 1.807) is 0 Å². The van der Waals surface area contributed by atoms with Gasteiger partial charge in [-0.1, -0.05) is 41.5 Å². The molecule has 0 spiro atoms. The first-order valence-electron chi connectivity index (χ1n) is 8.65. The highest BCUT2D eigenvalue weighted by Gasteiger charge is 2.24. The Morgan fingerprint density at radius 2 is 1.24 bits per heavy atom. The number of hydrogen-bond acceptors (Lipinski definition) is 0. The Bertz CT molecular complexity index is 519. The first-order valence-corrected chi connectivity index (χ1v) is 8.65. The molecule has 0 amide bonds. The summed E-state index contributed by atoms with van der Waals surface area (Å²) in [4.78, 5) is 0. The van der Waals surface area contributed by atoms with Crippen molar-refractivity contribution < 1.29 is 17.3 Å². The normalized spacial score (nSPS) is 13.2. The average molecular weight is 360 g/mol. The van der Waals surface area contributed by atoms with Crippen molar-refractivity contribution in [3.63, 3.8) is 0 Å². The SMILES string of the molecule is CC(C)(C)Cc1cc(C(C)(C)C)c[cH+]c(C(C)(C)C)c1.F[B-](F)(F)F. The third-order valence-corrected chi connectivity index (χ3v) is 3.59. The summed E-state index contributed by atoms with van der Waals surface area (Å²) < 4.78 is 39.0. The van der Waals surface area contributed by atoms with Crippen LogP contribution in [0.4, 0.5) is 17.3 Å². The molecule has 0 radical (unpaired) electrons. The molecular weight excluding hydrogens is 327 g/mol. The molecule has 0 aliphatic rings. The lowest BCUT2D eigenvalue weighted by atomic mass is 9.84. The van der Waals surface area contributed by atoms with Gasteiger partial charge < -0.3 is 17.3 Å². The van der Waals surface area contributed by atoms with E-state index in [2.05, 4.69) is 86.6 Å². The van der Waals surface area contributed by atoms with Gasteiger partial charge in [0.25, 0.3) is 0 Å². The van der Waals surface area contributed by atoms with Crippen LogP contribution in [0.5, 0.6) is 0 Å². The maximum absolute atomic E-state index is 9.75. The Hall–Kier alpha value is -1.13. The number of halogens is 4. The molecule has 1 aromatic carbocycles. The van der Waals surface area contributed by atoms with Crippen LogP contribution in [0.25, 0.3) is 0 Å². The molecule has 0 aliphatic carbocycles. The van der Waals surface area contributed by atoms with Gasteiger partial charge in [0.15, 0.2) is 0 Å². The quantitative estimate of drug-likeness (QED) is 0.277. The predicted molar refractivity (Wildman–Crippen MR) is 102 cm³/mol. The van der Waals surface area contributed by atoms with E-state index in [1.807, 2.05) is 0 Å². The Morgan fingerprint density at radius 1 is 0.800 bits per heavy atom. The fourth-order valence-electron chi connectivity index (χ4n) is 2.36. The molecule has 1 rings (SSSR count). The molecule has 0 N–H and O–H groups in total. The van der Waals surface area contributed by atoms with Crippen molar-refractivity contribution in [3.8, 4) is 0 Å². The van der Waals surface area contributed by atoms with Crippen LogP contribution in [0.2, 0.25) is 0 Å². The molecule has 0 saturated heterocycles. The van der Waals surface area contributed by atoms with Crippen molar-refractivity contribution in [2.24, 2.45) is 5.41 Å². The zero-order valence-electron chi connectivity index (χ0n) is 17.1. The van der Waals surface area contributed by atoms with E-state index in [4.69, 9.17) is 0 Å². The van der Waals surface area contributed by atoms with Crippen molar-refractivity contribution in [1.29, 1.82) is 0 Å². The van der Waals surface area contributed by atoms with E-state index in [0.29, 0.717) is 5.41 Å². The van der Waals surface area contributed by atoms with Crippen LogP contribution in [0.3, 0.4) is 0 Å². The van der Waals surface area contributed by atoms with Gasteiger partial charge in [0, 0.05) is 40.2 Å². The van der Waals surface area contributed by atoms with Crippen LogP contribution in [0.1, 0.15) is 79.0 Å². The van der Waals surface area contributed by atoms with Gasteiger partial charge in [0.2, 0.25) is 0 Å². The Morgan fingerprint density at radius 3 is 1.56 bits per heavy atom. The monoisotopic (exact) mass is 360 g/mol. The maximum atomic E-state index is 9.75. The molecule has 0 atom stereocenters. The minimum absolute atomic E-state index is 0.195. The summed E-state index contributed by atoms with van der Waals surface area (Å²) in [7, 11) is -6.00. The molecular formula is C20H33BF4. The van der Waals surface area contributed by atoms with Crippen LogP contribution in [0, 0.1) is 5.41 Å². The Kier molecular flexibility index (Phi) is 7.69. The van der Waals surface area contributed by atoms with Crippen molar-refractivity contribution in [2.75, 3.05) is 0 Å². The van der Waals surface area contributed by atoms with E-state index in [1.165, 1.54) is 16.7 Å². The molecule has 0 saturated carbocycles. The lowest BCUT2D eigenvalue weighted by Crippen LogP contribution is -2.13. The molecule has 0 heterocycles. The highest BCUT2D eigenvalue weighted by Crippen LogP contribution is 2.30. The lowest BCUT2D eigenvalue weighted by molar-refractivity contribution is 0.368. The first kappa shape index (κ1) is 23.9. The van der Waals surface area contributed by atoms with Crippen LogP contribution in [0.15, 0.2) is 24.3 Å². The second kappa shape index (κ2) is 8.05. The second-order valence-corrected chi connectivity index (χ2v) is 9.84. The first-order chi connectivity index (χ1) is 10.8. The number of rotatable bonds is 1. The van der Waals surface area contributed by atoms with Crippen LogP contribution in [-0.2, 0) is 17.3 Å². The van der Waals surface area contributed by atoms with Gasteiger partial charge in [-0.2, -0.15) is 0 Å². The van der Waals surface area contributed by atoms with Crippen LogP contribution >= 0.6 is 0 Å². The van der Waals surface area contributed by atoms with E-state index in [9.17, 15) is 17.3 Å². The fourth-order valence-corrected chi connectivity index (χ4v) is 2.36. The molecule has 0 bridgehead atoms. The van der Waals surface area contributed by atoms with Gasteiger partial charge in [-0.15, -0.1) is 0 Å². The Labute approximate surface area is 151 Å². The average Bonchev–Trinajstić information content (AvgIpc) is 2.45. The van der Waals surface area contributed by atoms with Crippen molar-refractivity contribution in [3.05, 3.63) is 41.0 Å². The third kappa shape index (κ3) is 12.0. The summed E-state index contributed by atoms with van der Waals surface area (Å²) >= 11 is 0. The lowest BCUT2D eigenvalue weighted by Gasteiger charge is -2.18. The second-order valence-electron chi connectivity index (χ2n) is 9.84. The standard InChI is InChI=1S/C20H33.BF4/c1-18(2,3)14-15-12-16(19(4,5)6)10-11-17(13-15)20(7,8)9;2-1(3,4)5/h10-13H,14H2,1-9H3;/q+1;-1. The maximum Gasteiger partial charge on any atom is 0.673 e. The van der Waals surface area contributed by atoms with Crippen LogP contribution in [-0.4, -0.2) is 7.25 Å². The van der Waals surface area contributed by atoms with Gasteiger partial charge >= 0.3 is 7.25 Å². The summed E-state index contributed by atoms with van der Waals surface area (Å²) in [6.45, 7) is 20.7. The number of hydrogen-bond donors (Lipinski definition) is 0. The highest BCUT2D eigenvalue weighted by molar-refractivity contribution is 6.50. The van der Waals surface area contributed by atoms with Crippen molar-refractivity contribution >= 4 is 7.25 Å². The zero-order chi connectivity index (χ0) is 20.3. The molecule has 0 fully saturated rings. The third-order valence-electron chi connectivity index (χ3n) is 3.59. The minimum atomic E-state index is -6.00. The summed E-state index contributed by atoms with van der Waals surface area (Å²) in [6, 6.07) is 9.43. The fraction of sp³-hybridized carbons (Fsp3) is 0.650. The van der Waals surface area contributed by atoms with Gasteiger partial charge in [0.05, 0.1) is 11.6 Å². The predicted octanol–water partition coefficient (Wildman–Crippen LogP) is 7.45. The molecule has 0 aliphatic heterocycles. The van der Waals surface area contributed by atoms with Gasteiger partial charge in [0.1, 0.15) is 0 Å². The van der Waals surface area contributed by atoms with Gasteiger partial charge in [-0.25, -0.2) is 0 Å². The highest BCUT2D eigenvalue weighted by atomic mass is 19.5. The smallest absolute Gasteiger partial charge is 0.418 e. The van der Waals surface area contributed by atoms with E-state index in [0.717, 1.165) is 6.42 Å². The van der Waals surface area contributed by atoms with Gasteiger partial charge in [-0.05, 0) is 32.6 Å². The molecule has 5 heteroatoms. The van der Waals surface area contributed by atoms with Crippen LogP contribution < -0.4 is 0 Å². The van der Waals surface area contributed by atoms with Crippen molar-refractivity contribution in [2.45, 2.75) is 79.6 Å². The largest absolute Gasteiger partial charge is 0.673 e. The van der Waals surface area contributed by atoms with E-state index >= 15 is 0 Å². The molecule has 144 valence electrons. The molecule has 25 heavy (non-hydrogen) atoms. The summed E-state index contributed by atoms with van der Waals surface area (Å²) in [5, 5.41) is 0. The van der Waals surface area contributed by atoms with E-state index < -0.39 is 7.25 Å². The van der Waals surface area contributed by atoms with Gasteiger partial charge in [-0.3, -0.25) is 0 Å². The summed E-state index contributed by atoms with van der Waals surface area (Å²) in [6.07, 6.45) is 1.12. The van der Waals surface area contributed by atoms with E-state index in [-0.39, 0.29) is 10.8 Å². The Balaban J connectivity index is 0.00000101. The van der Waals surface area contributed by atoms with Crippen molar-refractivity contribution in [1.82, 2.24) is 0 Å². The zero-order valence-corrected chi connectivity index (χ0v) is 17.1. The summed E-state index contributed by atoms with van der Waals surface area (Å²) in [5.41, 5.74) is 5.01. The molecule has 0 aromatic heterocycles. The molecule has 1 aromatic rings.